The van der Waals surface area contributed by atoms with Crippen LogP contribution in [0.25, 0.3) is 26.4 Å². The minimum atomic E-state index is 0.0319. The zero-order valence-corrected chi connectivity index (χ0v) is 13.2. The van der Waals surface area contributed by atoms with Crippen molar-refractivity contribution in [3.63, 3.8) is 0 Å². The molecule has 4 rings (SSSR count). The molecule has 0 saturated heterocycles. The molecule has 0 N–H and O–H groups in total. The smallest absolute Gasteiger partial charge is 0.275 e. The maximum atomic E-state index is 8.84. The molecular formula is C12H13N9S. The molecule has 0 aliphatic carbocycles. The summed E-state index contributed by atoms with van der Waals surface area (Å²) in [7, 11) is 2.12. The molecule has 0 unspecified atom stereocenters. The van der Waals surface area contributed by atoms with Gasteiger partial charge in [0.1, 0.15) is 10.6 Å². The Kier molecular flexibility index (Phi) is 2.65. The van der Waals surface area contributed by atoms with Gasteiger partial charge in [-0.2, -0.15) is 4.52 Å². The van der Waals surface area contributed by atoms with Crippen molar-refractivity contribution < 1.29 is 0 Å². The maximum absolute atomic E-state index is 8.84. The molecule has 0 spiro atoms. The standard InChI is InChI=1S/C12H13N9S/c1-12(2)4-6-7(5-20(12)3)22-10-8(6)9(15-17-13)14-11-16-18-19-21(10)11/h4-5H2,1-3H3. The van der Waals surface area contributed by atoms with E-state index >= 15 is 0 Å². The maximum Gasteiger partial charge on any atom is 0.275 e. The van der Waals surface area contributed by atoms with Gasteiger partial charge in [0.2, 0.25) is 0 Å². The van der Waals surface area contributed by atoms with E-state index in [0.717, 1.165) is 23.2 Å². The normalized spacial score (nSPS) is 17.6. The van der Waals surface area contributed by atoms with Crippen LogP contribution < -0.4 is 0 Å². The minimum Gasteiger partial charge on any atom is -0.296 e. The van der Waals surface area contributed by atoms with Crippen LogP contribution >= 0.6 is 11.3 Å². The van der Waals surface area contributed by atoms with E-state index in [1.807, 2.05) is 0 Å². The first-order valence-corrected chi connectivity index (χ1v) is 7.61. The number of thiophene rings is 1. The van der Waals surface area contributed by atoms with Crippen LogP contribution in [0.2, 0.25) is 0 Å². The fraction of sp³-hybridized carbons (Fsp3) is 0.500. The summed E-state index contributed by atoms with van der Waals surface area (Å²) in [4.78, 5) is 11.7. The van der Waals surface area contributed by atoms with Crippen LogP contribution in [-0.4, -0.2) is 42.5 Å². The quantitative estimate of drug-likeness (QED) is 0.389. The van der Waals surface area contributed by atoms with Gasteiger partial charge in [-0.15, -0.1) is 11.3 Å². The molecule has 0 atom stereocenters. The van der Waals surface area contributed by atoms with E-state index in [0.29, 0.717) is 11.6 Å². The highest BCUT2D eigenvalue weighted by molar-refractivity contribution is 7.19. The van der Waals surface area contributed by atoms with E-state index in [2.05, 4.69) is 56.3 Å². The Morgan fingerprint density at radius 2 is 2.23 bits per heavy atom. The fourth-order valence-corrected chi connectivity index (χ4v) is 4.15. The van der Waals surface area contributed by atoms with Gasteiger partial charge >= 0.3 is 0 Å². The number of azide groups is 1. The predicted octanol–water partition coefficient (Wildman–Crippen LogP) is 2.44. The zero-order valence-electron chi connectivity index (χ0n) is 12.3. The Morgan fingerprint density at radius 1 is 1.41 bits per heavy atom. The summed E-state index contributed by atoms with van der Waals surface area (Å²) in [6.07, 6.45) is 0.863. The lowest BCUT2D eigenvalue weighted by atomic mass is 9.88. The van der Waals surface area contributed by atoms with Gasteiger partial charge in [-0.25, -0.2) is 4.98 Å². The lowest BCUT2D eigenvalue weighted by Gasteiger charge is -2.39. The highest BCUT2D eigenvalue weighted by Crippen LogP contribution is 2.42. The Hall–Kier alpha value is -2.29. The van der Waals surface area contributed by atoms with Crippen molar-refractivity contribution in [1.82, 2.24) is 29.9 Å². The van der Waals surface area contributed by atoms with Crippen molar-refractivity contribution >= 4 is 33.1 Å². The molecule has 4 heterocycles. The van der Waals surface area contributed by atoms with Gasteiger partial charge in [0.15, 0.2) is 0 Å². The highest BCUT2D eigenvalue weighted by Gasteiger charge is 2.34. The number of aromatic nitrogens is 5. The van der Waals surface area contributed by atoms with Crippen molar-refractivity contribution in [3.05, 3.63) is 20.9 Å². The second-order valence-electron chi connectivity index (χ2n) is 6.04. The number of rotatable bonds is 1. The van der Waals surface area contributed by atoms with Crippen molar-refractivity contribution in [1.29, 1.82) is 0 Å². The van der Waals surface area contributed by atoms with Crippen molar-refractivity contribution in [2.24, 2.45) is 5.11 Å². The monoisotopic (exact) mass is 315 g/mol. The first-order valence-electron chi connectivity index (χ1n) is 6.80. The van der Waals surface area contributed by atoms with E-state index in [9.17, 15) is 0 Å². The number of hydrogen-bond acceptors (Lipinski definition) is 7. The SMILES string of the molecule is CN1Cc2sc3c(c(N=[N+]=[N-])nc4nnnn43)c2CC1(C)C. The Labute approximate surface area is 129 Å². The molecule has 112 valence electrons. The summed E-state index contributed by atoms with van der Waals surface area (Å²) in [5.41, 5.74) is 10.1. The topological polar surface area (TPSA) is 108 Å². The number of hydrogen-bond donors (Lipinski definition) is 0. The summed E-state index contributed by atoms with van der Waals surface area (Å²) < 4.78 is 1.61. The highest BCUT2D eigenvalue weighted by atomic mass is 32.1. The molecule has 10 heteroatoms. The third-order valence-electron chi connectivity index (χ3n) is 4.31. The predicted molar refractivity (Wildman–Crippen MR) is 82.0 cm³/mol. The van der Waals surface area contributed by atoms with Gasteiger partial charge in [-0.1, -0.05) is 5.10 Å². The molecule has 0 bridgehead atoms. The van der Waals surface area contributed by atoms with Gasteiger partial charge in [-0.05, 0) is 54.0 Å². The molecule has 3 aromatic heterocycles. The van der Waals surface area contributed by atoms with Crippen LogP contribution in [0, 0.1) is 0 Å². The van der Waals surface area contributed by atoms with Crippen LogP contribution in [0.1, 0.15) is 24.3 Å². The third kappa shape index (κ3) is 1.71. The molecule has 1 aliphatic heterocycles. The molecule has 0 amide bonds. The fourth-order valence-electron chi connectivity index (χ4n) is 2.84. The molecule has 0 aromatic carbocycles. The zero-order chi connectivity index (χ0) is 15.5. The minimum absolute atomic E-state index is 0.0319. The summed E-state index contributed by atoms with van der Waals surface area (Å²) >= 11 is 1.63. The average Bonchev–Trinajstić information content (AvgIpc) is 3.03. The van der Waals surface area contributed by atoms with E-state index in [-0.39, 0.29) is 5.54 Å². The summed E-state index contributed by atoms with van der Waals surface area (Å²) in [5.74, 6) is 0.707. The molecular weight excluding hydrogens is 302 g/mol. The number of likely N-dealkylation sites (N-methyl/N-ethyl adjacent to an activating group) is 1. The van der Waals surface area contributed by atoms with Crippen molar-refractivity contribution in [2.75, 3.05) is 7.05 Å². The lowest BCUT2D eigenvalue weighted by Crippen LogP contribution is -2.45. The molecule has 22 heavy (non-hydrogen) atoms. The summed E-state index contributed by atoms with van der Waals surface area (Å²) in [5, 5.41) is 16.2. The Balaban J connectivity index is 2.12. The van der Waals surface area contributed by atoms with E-state index < -0.39 is 0 Å². The van der Waals surface area contributed by atoms with Crippen LogP contribution in [0.5, 0.6) is 0 Å². The average molecular weight is 315 g/mol. The number of tetrazole rings is 1. The molecule has 0 saturated carbocycles. The number of nitrogens with zero attached hydrogens (tertiary/aromatic N) is 9. The van der Waals surface area contributed by atoms with Crippen molar-refractivity contribution in [3.8, 4) is 0 Å². The number of fused-ring (bicyclic) bond motifs is 5. The Bertz CT molecular complexity index is 946. The first-order chi connectivity index (χ1) is 10.5. The summed E-state index contributed by atoms with van der Waals surface area (Å²) in [6, 6.07) is 0. The first kappa shape index (κ1) is 13.4. The molecule has 1 aliphatic rings. The van der Waals surface area contributed by atoms with Crippen molar-refractivity contribution in [2.45, 2.75) is 32.4 Å². The van der Waals surface area contributed by atoms with Crippen LogP contribution in [0.3, 0.4) is 0 Å². The molecule has 9 nitrogen and oxygen atoms in total. The second kappa shape index (κ2) is 4.35. The van der Waals surface area contributed by atoms with Gasteiger partial charge in [0.25, 0.3) is 5.78 Å². The largest absolute Gasteiger partial charge is 0.296 e. The second-order valence-corrected chi connectivity index (χ2v) is 7.13. The molecule has 0 radical (unpaired) electrons. The van der Waals surface area contributed by atoms with Gasteiger partial charge < -0.3 is 0 Å². The molecule has 0 fully saturated rings. The van der Waals surface area contributed by atoms with Crippen LogP contribution in [0.4, 0.5) is 5.82 Å². The third-order valence-corrected chi connectivity index (χ3v) is 5.50. The Morgan fingerprint density at radius 3 is 3.00 bits per heavy atom. The lowest BCUT2D eigenvalue weighted by molar-refractivity contribution is 0.136. The molecule has 3 aromatic rings. The van der Waals surface area contributed by atoms with E-state index in [1.54, 1.807) is 15.9 Å². The van der Waals surface area contributed by atoms with E-state index in [4.69, 9.17) is 5.53 Å². The van der Waals surface area contributed by atoms with E-state index in [1.165, 1.54) is 10.4 Å². The summed E-state index contributed by atoms with van der Waals surface area (Å²) in [6.45, 7) is 5.26. The van der Waals surface area contributed by atoms with Crippen LogP contribution in [0.15, 0.2) is 5.11 Å². The van der Waals surface area contributed by atoms with Gasteiger partial charge in [0.05, 0.1) is 0 Å². The van der Waals surface area contributed by atoms with Gasteiger partial charge in [0, 0.05) is 27.3 Å². The van der Waals surface area contributed by atoms with Crippen LogP contribution in [-0.2, 0) is 13.0 Å². The van der Waals surface area contributed by atoms with Gasteiger partial charge in [-0.3, -0.25) is 4.90 Å².